The van der Waals surface area contributed by atoms with Gasteiger partial charge >= 0.3 is 0 Å². The predicted molar refractivity (Wildman–Crippen MR) is 112 cm³/mol. The van der Waals surface area contributed by atoms with Crippen molar-refractivity contribution in [3.8, 4) is 5.75 Å². The Morgan fingerprint density at radius 1 is 1.26 bits per heavy atom. The van der Waals surface area contributed by atoms with Crippen molar-refractivity contribution < 1.29 is 9.53 Å². The van der Waals surface area contributed by atoms with Crippen molar-refractivity contribution in [2.75, 3.05) is 23.9 Å². The maximum atomic E-state index is 12.7. The van der Waals surface area contributed by atoms with E-state index in [2.05, 4.69) is 15.5 Å². The third kappa shape index (κ3) is 4.72. The molecule has 0 aliphatic rings. The molecule has 1 amide bonds. The molecular formula is C19H20N4O2S2. The van der Waals surface area contributed by atoms with Crippen molar-refractivity contribution >= 4 is 46.0 Å². The first kappa shape index (κ1) is 19.1. The molecule has 8 heteroatoms. The molecule has 0 saturated heterocycles. The second kappa shape index (κ2) is 8.32. The minimum Gasteiger partial charge on any atom is -0.497 e. The van der Waals surface area contributed by atoms with Crippen LogP contribution in [0.25, 0.3) is 0 Å². The van der Waals surface area contributed by atoms with E-state index in [9.17, 15) is 4.79 Å². The highest BCUT2D eigenvalue weighted by Gasteiger charge is 2.18. The molecule has 0 aliphatic carbocycles. The fraction of sp³-hybridized carbons (Fsp3) is 0.211. The number of H-pyrrole nitrogens is 1. The van der Waals surface area contributed by atoms with E-state index in [1.165, 1.54) is 11.3 Å². The maximum absolute atomic E-state index is 12.7. The van der Waals surface area contributed by atoms with E-state index >= 15 is 0 Å². The highest BCUT2D eigenvalue weighted by Crippen LogP contribution is 2.28. The van der Waals surface area contributed by atoms with Gasteiger partial charge in [0.05, 0.1) is 7.11 Å². The van der Waals surface area contributed by atoms with Crippen LogP contribution in [0.3, 0.4) is 0 Å². The zero-order valence-corrected chi connectivity index (χ0v) is 16.9. The van der Waals surface area contributed by atoms with E-state index in [-0.39, 0.29) is 12.5 Å². The number of hydrogen-bond donors (Lipinski definition) is 2. The summed E-state index contributed by atoms with van der Waals surface area (Å²) in [7, 11) is 1.61. The summed E-state index contributed by atoms with van der Waals surface area (Å²) in [5.41, 5.74) is 3.74. The lowest BCUT2D eigenvalue weighted by molar-refractivity contribution is -0.114. The summed E-state index contributed by atoms with van der Waals surface area (Å²) < 4.78 is 5.76. The Labute approximate surface area is 166 Å². The van der Waals surface area contributed by atoms with Gasteiger partial charge in [-0.25, -0.2) is 0 Å². The number of rotatable bonds is 6. The zero-order chi connectivity index (χ0) is 19.4. The normalized spacial score (nSPS) is 10.5. The van der Waals surface area contributed by atoms with Crippen molar-refractivity contribution in [1.82, 2.24) is 10.2 Å². The van der Waals surface area contributed by atoms with Crippen LogP contribution in [0.2, 0.25) is 0 Å². The van der Waals surface area contributed by atoms with Gasteiger partial charge in [-0.2, -0.15) is 0 Å². The Kier molecular flexibility index (Phi) is 5.88. The zero-order valence-electron chi connectivity index (χ0n) is 15.3. The van der Waals surface area contributed by atoms with E-state index in [4.69, 9.17) is 17.0 Å². The van der Waals surface area contributed by atoms with Gasteiger partial charge in [-0.1, -0.05) is 23.5 Å². The lowest BCUT2D eigenvalue weighted by atomic mass is 10.1. The maximum Gasteiger partial charge on any atom is 0.244 e. The lowest BCUT2D eigenvalue weighted by Crippen LogP contribution is -2.30. The van der Waals surface area contributed by atoms with Crippen LogP contribution in [0.15, 0.2) is 42.5 Å². The van der Waals surface area contributed by atoms with Gasteiger partial charge in [0.15, 0.2) is 3.95 Å². The van der Waals surface area contributed by atoms with Crippen LogP contribution in [-0.2, 0) is 4.79 Å². The number of carbonyl (C=O) groups excluding carboxylic acids is 1. The number of aryl methyl sites for hydroxylation is 2. The van der Waals surface area contributed by atoms with Gasteiger partial charge in [0.2, 0.25) is 11.0 Å². The van der Waals surface area contributed by atoms with Crippen LogP contribution in [0.5, 0.6) is 5.75 Å². The largest absolute Gasteiger partial charge is 0.497 e. The molecule has 3 rings (SSSR count). The topological polar surface area (TPSA) is 70.2 Å². The molecule has 6 nitrogen and oxygen atoms in total. The average molecular weight is 401 g/mol. The van der Waals surface area contributed by atoms with Crippen molar-refractivity contribution in [2.45, 2.75) is 13.8 Å². The first-order valence-electron chi connectivity index (χ1n) is 8.30. The van der Waals surface area contributed by atoms with Gasteiger partial charge in [-0.3, -0.25) is 9.89 Å². The molecule has 0 unspecified atom stereocenters. The standard InChI is InChI=1S/C19H20N4O2S2/c1-12-4-5-13(2)16(10-12)20-17(24)11-23(18-21-22-19(26)27-18)14-6-8-15(25-3)9-7-14/h4-10H,11H2,1-3H3,(H,20,24)(H,22,26). The molecule has 0 saturated carbocycles. The Balaban J connectivity index is 1.85. The molecule has 1 heterocycles. The molecule has 0 spiro atoms. The summed E-state index contributed by atoms with van der Waals surface area (Å²) in [6.45, 7) is 4.07. The van der Waals surface area contributed by atoms with Gasteiger partial charge in [-0.15, -0.1) is 5.10 Å². The van der Waals surface area contributed by atoms with E-state index in [0.717, 1.165) is 28.3 Å². The molecule has 3 aromatic rings. The molecule has 1 aromatic heterocycles. The van der Waals surface area contributed by atoms with Crippen LogP contribution < -0.4 is 15.0 Å². The number of ether oxygens (including phenoxy) is 1. The third-order valence-electron chi connectivity index (χ3n) is 4.01. The van der Waals surface area contributed by atoms with Gasteiger partial charge in [0.1, 0.15) is 12.3 Å². The van der Waals surface area contributed by atoms with Crippen molar-refractivity contribution in [2.24, 2.45) is 0 Å². The fourth-order valence-electron chi connectivity index (χ4n) is 2.57. The molecule has 0 aliphatic heterocycles. The SMILES string of the molecule is COc1ccc(N(CC(=O)Nc2cc(C)ccc2C)c2n[nH]c(=S)s2)cc1. The Morgan fingerprint density at radius 2 is 2.00 bits per heavy atom. The number of aromatic amines is 1. The number of methoxy groups -OCH3 is 1. The number of aromatic nitrogens is 2. The smallest absolute Gasteiger partial charge is 0.244 e. The van der Waals surface area contributed by atoms with Crippen molar-refractivity contribution in [1.29, 1.82) is 0 Å². The summed E-state index contributed by atoms with van der Waals surface area (Å²) in [6.07, 6.45) is 0. The summed E-state index contributed by atoms with van der Waals surface area (Å²) in [6, 6.07) is 13.4. The van der Waals surface area contributed by atoms with Crippen LogP contribution in [0, 0.1) is 17.8 Å². The molecule has 0 bridgehead atoms. The van der Waals surface area contributed by atoms with Gasteiger partial charge in [0, 0.05) is 11.4 Å². The highest BCUT2D eigenvalue weighted by molar-refractivity contribution is 7.73. The minimum absolute atomic E-state index is 0.107. The second-order valence-corrected chi connectivity index (χ2v) is 7.69. The molecular weight excluding hydrogens is 380 g/mol. The number of nitrogens with zero attached hydrogens (tertiary/aromatic N) is 2. The average Bonchev–Trinajstić information content (AvgIpc) is 3.09. The fourth-order valence-corrected chi connectivity index (χ4v) is 3.47. The number of nitrogens with one attached hydrogen (secondary N) is 2. The lowest BCUT2D eigenvalue weighted by Gasteiger charge is -2.21. The summed E-state index contributed by atoms with van der Waals surface area (Å²) in [4.78, 5) is 14.5. The second-order valence-electron chi connectivity index (χ2n) is 6.05. The van der Waals surface area contributed by atoms with Crippen molar-refractivity contribution in [3.05, 3.63) is 57.5 Å². The highest BCUT2D eigenvalue weighted by atomic mass is 32.1. The Hall–Kier alpha value is -2.71. The molecule has 27 heavy (non-hydrogen) atoms. The first-order valence-corrected chi connectivity index (χ1v) is 9.53. The number of anilines is 3. The molecule has 0 radical (unpaired) electrons. The van der Waals surface area contributed by atoms with E-state index in [1.807, 2.05) is 61.2 Å². The molecule has 0 fully saturated rings. The first-order chi connectivity index (χ1) is 13.0. The molecule has 0 atom stereocenters. The van der Waals surface area contributed by atoms with Crippen LogP contribution in [0.4, 0.5) is 16.5 Å². The number of amides is 1. The molecule has 2 aromatic carbocycles. The number of carbonyl (C=O) groups is 1. The Bertz CT molecular complexity index is 995. The van der Waals surface area contributed by atoms with Crippen molar-refractivity contribution in [3.63, 3.8) is 0 Å². The summed E-state index contributed by atoms with van der Waals surface area (Å²) in [5, 5.41) is 10.6. The predicted octanol–water partition coefficient (Wildman–Crippen LogP) is 4.60. The van der Waals surface area contributed by atoms with Crippen LogP contribution in [-0.4, -0.2) is 29.8 Å². The minimum atomic E-state index is -0.138. The molecule has 2 N–H and O–H groups in total. The van der Waals surface area contributed by atoms with Gasteiger partial charge in [-0.05, 0) is 67.5 Å². The quantitative estimate of drug-likeness (QED) is 0.592. The summed E-state index contributed by atoms with van der Waals surface area (Å²) >= 11 is 6.46. The van der Waals surface area contributed by atoms with Crippen LogP contribution >= 0.6 is 23.6 Å². The monoisotopic (exact) mass is 400 g/mol. The molecule has 140 valence electrons. The van der Waals surface area contributed by atoms with Gasteiger partial charge < -0.3 is 15.0 Å². The number of benzene rings is 2. The Morgan fingerprint density at radius 3 is 2.63 bits per heavy atom. The van der Waals surface area contributed by atoms with Gasteiger partial charge in [0.25, 0.3) is 0 Å². The van der Waals surface area contributed by atoms with Crippen LogP contribution in [0.1, 0.15) is 11.1 Å². The third-order valence-corrected chi connectivity index (χ3v) is 5.12. The van der Waals surface area contributed by atoms with E-state index in [0.29, 0.717) is 9.09 Å². The number of hydrogen-bond acceptors (Lipinski definition) is 6. The summed E-state index contributed by atoms with van der Waals surface area (Å²) in [5.74, 6) is 0.605. The van der Waals surface area contributed by atoms with E-state index in [1.54, 1.807) is 7.11 Å². The van der Waals surface area contributed by atoms with E-state index < -0.39 is 0 Å².